The van der Waals surface area contributed by atoms with Crippen LogP contribution in [-0.4, -0.2) is 50.1 Å². The van der Waals surface area contributed by atoms with Crippen molar-refractivity contribution in [2.45, 2.75) is 58.1 Å². The van der Waals surface area contributed by atoms with Gasteiger partial charge in [0.05, 0.1) is 6.10 Å². The zero-order valence-electron chi connectivity index (χ0n) is 20.7. The Bertz CT molecular complexity index is 1310. The van der Waals surface area contributed by atoms with Crippen molar-refractivity contribution in [2.75, 3.05) is 6.61 Å². The summed E-state index contributed by atoms with van der Waals surface area (Å²) < 4.78 is 36.9. The van der Waals surface area contributed by atoms with E-state index in [0.717, 1.165) is 4.57 Å². The number of aromatic nitrogens is 2. The summed E-state index contributed by atoms with van der Waals surface area (Å²) in [5, 5.41) is 23.9. The van der Waals surface area contributed by atoms with Crippen molar-refractivity contribution < 1.29 is 38.1 Å². The van der Waals surface area contributed by atoms with Gasteiger partial charge in [-0.3, -0.25) is 18.9 Å². The molecule has 4 N–H and O–H groups in total. The molecule has 1 aromatic carbocycles. The maximum Gasteiger partial charge on any atom is 0.459 e. The number of ether oxygens (including phenoxy) is 2. The summed E-state index contributed by atoms with van der Waals surface area (Å²) in [6, 6.07) is 8.49. The van der Waals surface area contributed by atoms with Crippen LogP contribution < -0.4 is 15.3 Å². The van der Waals surface area contributed by atoms with Gasteiger partial charge in [0.2, 0.25) is 6.23 Å². The minimum atomic E-state index is -4.25. The summed E-state index contributed by atoms with van der Waals surface area (Å²) in [4.78, 5) is 27.2. The molecular formula is C23H30N3O9PS. The second kappa shape index (κ2) is 11.6. The molecule has 0 radical (unpaired) electrons. The fourth-order valence-corrected chi connectivity index (χ4v) is 5.01. The van der Waals surface area contributed by atoms with E-state index in [9.17, 15) is 24.4 Å². The second-order valence-electron chi connectivity index (χ2n) is 8.90. The molecule has 202 valence electrons. The number of aromatic amines is 1. The van der Waals surface area contributed by atoms with Gasteiger partial charge in [0, 0.05) is 12.6 Å². The van der Waals surface area contributed by atoms with E-state index in [1.54, 1.807) is 44.2 Å². The van der Waals surface area contributed by atoms with Crippen LogP contribution in [0.25, 0.3) is 0 Å². The lowest BCUT2D eigenvalue weighted by Gasteiger charge is -2.38. The number of carbonyl (C=O) groups is 1. The predicted molar refractivity (Wildman–Crippen MR) is 135 cm³/mol. The Morgan fingerprint density at radius 1 is 1.32 bits per heavy atom. The Hall–Kier alpha value is -2.96. The van der Waals surface area contributed by atoms with E-state index < -0.39 is 50.0 Å². The number of hydrogen-bond acceptors (Lipinski definition) is 10. The maximum atomic E-state index is 13.7. The molecule has 2 unspecified atom stereocenters. The lowest BCUT2D eigenvalue weighted by Crippen LogP contribution is -2.46. The second-order valence-corrected chi connectivity index (χ2v) is 11.0. The number of nitrogens with zero attached hydrogens (tertiary/aromatic N) is 1. The molecule has 37 heavy (non-hydrogen) atoms. The van der Waals surface area contributed by atoms with Gasteiger partial charge in [0.15, 0.2) is 5.76 Å². The number of esters is 1. The van der Waals surface area contributed by atoms with E-state index in [4.69, 9.17) is 30.7 Å². The summed E-state index contributed by atoms with van der Waals surface area (Å²) >= 11 is 4.94. The molecule has 2 heterocycles. The van der Waals surface area contributed by atoms with Gasteiger partial charge in [0.1, 0.15) is 34.4 Å². The molecule has 0 amide bonds. The molecule has 0 spiro atoms. The number of carbonyl (C=O) groups excluding carboxylic acids is 1. The van der Waals surface area contributed by atoms with E-state index >= 15 is 0 Å². The Morgan fingerprint density at radius 2 is 2.00 bits per heavy atom. The van der Waals surface area contributed by atoms with Gasteiger partial charge in [-0.25, -0.2) is 9.36 Å². The fourth-order valence-electron chi connectivity index (χ4n) is 3.42. The smallest absolute Gasteiger partial charge is 0.459 e. The number of aliphatic hydroxyl groups excluding tert-OH is 1. The highest BCUT2D eigenvalue weighted by molar-refractivity contribution is 7.71. The lowest BCUT2D eigenvalue weighted by molar-refractivity contribution is -0.149. The van der Waals surface area contributed by atoms with Crippen LogP contribution in [0.2, 0.25) is 0 Å². The quantitative estimate of drug-likeness (QED) is 0.193. The first-order chi connectivity index (χ1) is 17.3. The van der Waals surface area contributed by atoms with Crippen LogP contribution >= 0.6 is 20.0 Å². The van der Waals surface area contributed by atoms with Gasteiger partial charge in [-0.15, -0.1) is 0 Å². The third-order valence-corrected chi connectivity index (χ3v) is 6.99. The Labute approximate surface area is 218 Å². The largest absolute Gasteiger partial charge is 0.509 e. The highest BCUT2D eigenvalue weighted by Crippen LogP contribution is 2.46. The van der Waals surface area contributed by atoms with Crippen molar-refractivity contribution >= 4 is 25.9 Å². The normalized spacial score (nSPS) is 22.2. The summed E-state index contributed by atoms with van der Waals surface area (Å²) in [7, 11) is -4.25. The molecule has 0 bridgehead atoms. The molecule has 1 aromatic heterocycles. The highest BCUT2D eigenvalue weighted by Gasteiger charge is 2.43. The van der Waals surface area contributed by atoms with Gasteiger partial charge in [0.25, 0.3) is 0 Å². The average molecular weight is 556 g/mol. The van der Waals surface area contributed by atoms with E-state index in [0.29, 0.717) is 0 Å². The summed E-state index contributed by atoms with van der Waals surface area (Å²) in [6.45, 7) is 5.58. The zero-order chi connectivity index (χ0) is 27.4. The van der Waals surface area contributed by atoms with Crippen LogP contribution in [0, 0.1) is 4.64 Å². The van der Waals surface area contributed by atoms with Crippen LogP contribution in [0.15, 0.2) is 58.9 Å². The average Bonchev–Trinajstić information content (AvgIpc) is 2.79. The van der Waals surface area contributed by atoms with Crippen molar-refractivity contribution in [1.82, 2.24) is 14.6 Å². The van der Waals surface area contributed by atoms with Crippen LogP contribution in [-0.2, 0) is 23.4 Å². The molecule has 0 saturated heterocycles. The molecule has 0 saturated carbocycles. The van der Waals surface area contributed by atoms with Crippen LogP contribution in [0.5, 0.6) is 5.75 Å². The number of hydrogen-bond donors (Lipinski definition) is 4. The SMILES string of the molecule is CC(C)OC(=O)[C@H](C)NP(=O)(OCC1=C(O)CC(C)(O)[C@H](n2ccc(=S)[nH]c2=O)O1)Oc1ccccc1. The van der Waals surface area contributed by atoms with E-state index in [2.05, 4.69) is 10.1 Å². The monoisotopic (exact) mass is 555 g/mol. The third kappa shape index (κ3) is 7.53. The van der Waals surface area contributed by atoms with Crippen LogP contribution in [0.1, 0.15) is 40.3 Å². The van der Waals surface area contributed by atoms with Crippen LogP contribution in [0.3, 0.4) is 0 Å². The number of rotatable bonds is 10. The predicted octanol–water partition coefficient (Wildman–Crippen LogP) is 3.48. The molecule has 1 aliphatic heterocycles. The first-order valence-corrected chi connectivity index (χ1v) is 13.3. The highest BCUT2D eigenvalue weighted by atomic mass is 32.1. The van der Waals surface area contributed by atoms with Crippen molar-refractivity contribution in [1.29, 1.82) is 0 Å². The minimum Gasteiger partial charge on any atom is -0.509 e. The lowest BCUT2D eigenvalue weighted by atomic mass is 9.95. The zero-order valence-corrected chi connectivity index (χ0v) is 22.5. The topological polar surface area (TPSA) is 161 Å². The molecule has 2 aromatic rings. The molecule has 0 fully saturated rings. The standard InChI is InChI=1S/C23H30N3O9PS/c1-14(2)33-20(28)15(3)25-36(31,35-16-8-6-5-7-9-16)32-13-18-17(27)12-23(4,30)21(34-18)26-11-10-19(37)24-22(26)29/h5-11,14-15,21,27,30H,12-13H2,1-4H3,(H,25,31)(H,24,29,37)/t15-,21+,23?,36?/m0/s1. The molecule has 1 aliphatic rings. The molecule has 14 heteroatoms. The number of nitrogens with one attached hydrogen (secondary N) is 2. The molecule has 12 nitrogen and oxygen atoms in total. The first kappa shape index (κ1) is 28.6. The molecule has 3 rings (SSSR count). The minimum absolute atomic E-state index is 0.189. The first-order valence-electron chi connectivity index (χ1n) is 11.4. The number of H-pyrrole nitrogens is 1. The Balaban J connectivity index is 1.84. The van der Waals surface area contributed by atoms with E-state index in [1.165, 1.54) is 26.1 Å². The van der Waals surface area contributed by atoms with Gasteiger partial charge in [-0.2, -0.15) is 5.09 Å². The Kier molecular flexibility index (Phi) is 8.98. The van der Waals surface area contributed by atoms with E-state index in [1.807, 2.05) is 0 Å². The van der Waals surface area contributed by atoms with E-state index in [-0.39, 0.29) is 28.3 Å². The number of benzene rings is 1. The molecule has 0 aliphatic carbocycles. The molecule has 4 atom stereocenters. The summed E-state index contributed by atoms with van der Waals surface area (Å²) in [5.74, 6) is -1.06. The van der Waals surface area contributed by atoms with Gasteiger partial charge in [-0.05, 0) is 45.9 Å². The fraction of sp³-hybridized carbons (Fsp3) is 0.435. The third-order valence-electron chi connectivity index (χ3n) is 5.13. The summed E-state index contributed by atoms with van der Waals surface area (Å²) in [6.07, 6.45) is -0.630. The van der Waals surface area contributed by atoms with Gasteiger partial charge < -0.3 is 24.2 Å². The van der Waals surface area contributed by atoms with Crippen LogP contribution in [0.4, 0.5) is 0 Å². The maximum absolute atomic E-state index is 13.7. The molecular weight excluding hydrogens is 525 g/mol. The Morgan fingerprint density at radius 3 is 2.62 bits per heavy atom. The number of aliphatic hydroxyl groups is 2. The summed E-state index contributed by atoms with van der Waals surface area (Å²) in [5.41, 5.74) is -2.33. The number of para-hydroxylation sites is 1. The van der Waals surface area contributed by atoms with Crippen molar-refractivity contribution in [3.8, 4) is 5.75 Å². The van der Waals surface area contributed by atoms with Crippen molar-refractivity contribution in [3.05, 3.63) is 69.2 Å². The van der Waals surface area contributed by atoms with Crippen molar-refractivity contribution in [2.24, 2.45) is 0 Å². The van der Waals surface area contributed by atoms with Gasteiger partial charge >= 0.3 is 19.4 Å². The van der Waals surface area contributed by atoms with Gasteiger partial charge in [-0.1, -0.05) is 30.4 Å². The van der Waals surface area contributed by atoms with Crippen molar-refractivity contribution in [3.63, 3.8) is 0 Å².